The molecule has 0 fully saturated rings. The van der Waals surface area contributed by atoms with Gasteiger partial charge in [0.15, 0.2) is 0 Å². The number of nitrogens with zero attached hydrogens (tertiary/aromatic N) is 1. The molecule has 0 bridgehead atoms. The fourth-order valence-electron chi connectivity index (χ4n) is 4.20. The van der Waals surface area contributed by atoms with Gasteiger partial charge < -0.3 is 24.5 Å². The van der Waals surface area contributed by atoms with Gasteiger partial charge in [0.1, 0.15) is 34.5 Å². The van der Waals surface area contributed by atoms with Crippen molar-refractivity contribution >= 4 is 38.6 Å². The molecule has 2 N–H and O–H groups in total. The predicted molar refractivity (Wildman–Crippen MR) is 150 cm³/mol. The lowest BCUT2D eigenvalue weighted by molar-refractivity contribution is -0.114. The fourth-order valence-corrected chi connectivity index (χ4v) is 4.86. The number of rotatable bonds is 10. The fraction of sp³-hybridized carbons (Fsp3) is 0.310. The molecule has 1 aromatic heterocycles. The number of halogens is 1. The third kappa shape index (κ3) is 5.97. The van der Waals surface area contributed by atoms with E-state index in [9.17, 15) is 4.79 Å². The summed E-state index contributed by atoms with van der Waals surface area (Å²) in [5.74, 6) is 2.28. The molecule has 0 aliphatic rings. The van der Waals surface area contributed by atoms with Crippen LogP contribution in [0.1, 0.15) is 50.3 Å². The largest absolute Gasteiger partial charge is 0.494 e. The summed E-state index contributed by atoms with van der Waals surface area (Å²) in [5, 5.41) is 2.84. The number of benzene rings is 3. The van der Waals surface area contributed by atoms with Gasteiger partial charge >= 0.3 is 0 Å². The van der Waals surface area contributed by atoms with Crippen LogP contribution >= 0.6 is 15.9 Å². The average molecular weight is 566 g/mol. The molecule has 4 rings (SSSR count). The quantitative estimate of drug-likeness (QED) is 0.211. The van der Waals surface area contributed by atoms with Crippen LogP contribution in [0.5, 0.6) is 11.5 Å². The topological polar surface area (TPSA) is 85.5 Å². The summed E-state index contributed by atoms with van der Waals surface area (Å²) in [6.07, 6.45) is 0.180. The van der Waals surface area contributed by atoms with Gasteiger partial charge in [-0.2, -0.15) is 0 Å². The van der Waals surface area contributed by atoms with Crippen molar-refractivity contribution in [2.75, 3.05) is 26.1 Å². The molecule has 0 aliphatic heterocycles. The lowest BCUT2D eigenvalue weighted by atomic mass is 10.0. The highest BCUT2D eigenvalue weighted by Gasteiger charge is 2.24. The number of para-hydroxylation sites is 2. The monoisotopic (exact) mass is 565 g/mol. The van der Waals surface area contributed by atoms with E-state index in [1.165, 1.54) is 12.5 Å². The number of hydrogen-bond acceptors (Lipinski definition) is 5. The lowest BCUT2D eigenvalue weighted by Crippen LogP contribution is -2.14. The summed E-state index contributed by atoms with van der Waals surface area (Å²) < 4.78 is 18.4. The zero-order valence-corrected chi connectivity index (χ0v) is 23.3. The van der Waals surface area contributed by atoms with Gasteiger partial charge in [-0.1, -0.05) is 50.2 Å². The minimum absolute atomic E-state index is 0.167. The first-order chi connectivity index (χ1) is 17.8. The van der Waals surface area contributed by atoms with Crippen LogP contribution in [0.3, 0.4) is 0 Å². The Morgan fingerprint density at radius 2 is 1.81 bits per heavy atom. The van der Waals surface area contributed by atoms with E-state index in [2.05, 4.69) is 64.3 Å². The van der Waals surface area contributed by atoms with E-state index in [1.54, 1.807) is 14.2 Å². The lowest BCUT2D eigenvalue weighted by Gasteiger charge is -2.23. The summed E-state index contributed by atoms with van der Waals surface area (Å²) in [6.45, 7) is 6.31. The summed E-state index contributed by atoms with van der Waals surface area (Å²) >= 11 is 3.80. The maximum absolute atomic E-state index is 11.7. The standard InChI is InChI=1S/C29H32BrN3O4/c1-17(2)19-10-12-20(13-11-19)29-32-27-25(36-5)16-21(26(30)28(27)33-29)23(14-15-35-4)37-24-9-7-6-8-22(24)31-18(3)34/h6-13,16-17,23H,14-15H2,1-5H3,(H,31,34)(H,32,33). The Hall–Kier alpha value is -3.36. The van der Waals surface area contributed by atoms with Gasteiger partial charge in [-0.15, -0.1) is 0 Å². The first kappa shape index (κ1) is 26.7. The van der Waals surface area contributed by atoms with Crippen LogP contribution in [0.2, 0.25) is 0 Å². The Labute approximate surface area is 225 Å². The number of anilines is 1. The molecule has 0 saturated heterocycles. The molecule has 1 unspecified atom stereocenters. The molecule has 1 heterocycles. The number of carbonyl (C=O) groups is 1. The number of aromatic amines is 1. The molecular formula is C29H32BrN3O4. The molecule has 0 radical (unpaired) electrons. The summed E-state index contributed by atoms with van der Waals surface area (Å²) in [5.41, 5.74) is 5.29. The maximum atomic E-state index is 11.7. The SMILES string of the molecule is COCCC(Oc1ccccc1NC(C)=O)c1cc(OC)c2[nH]c(-c3ccc(C(C)C)cc3)nc2c1Br. The predicted octanol–water partition coefficient (Wildman–Crippen LogP) is 7.24. The number of nitrogens with one attached hydrogen (secondary N) is 2. The summed E-state index contributed by atoms with van der Waals surface area (Å²) in [7, 11) is 3.30. The number of H-pyrrole nitrogens is 1. The van der Waals surface area contributed by atoms with Gasteiger partial charge in [0.25, 0.3) is 0 Å². The zero-order valence-electron chi connectivity index (χ0n) is 21.7. The third-order valence-corrected chi connectivity index (χ3v) is 7.00. The van der Waals surface area contributed by atoms with Gasteiger partial charge in [0.2, 0.25) is 5.91 Å². The van der Waals surface area contributed by atoms with Crippen molar-refractivity contribution in [3.8, 4) is 22.9 Å². The molecule has 0 spiro atoms. The second kappa shape index (κ2) is 11.8. The van der Waals surface area contributed by atoms with E-state index in [4.69, 9.17) is 19.2 Å². The van der Waals surface area contributed by atoms with Crippen LogP contribution in [0.4, 0.5) is 5.69 Å². The molecule has 4 aromatic rings. The number of fused-ring (bicyclic) bond motifs is 1. The Balaban J connectivity index is 1.77. The average Bonchev–Trinajstić information content (AvgIpc) is 3.34. The van der Waals surface area contributed by atoms with Crippen molar-refractivity contribution in [2.24, 2.45) is 0 Å². The summed E-state index contributed by atoms with van der Waals surface area (Å²) in [4.78, 5) is 20.1. The number of hydrogen-bond donors (Lipinski definition) is 2. The molecule has 8 heteroatoms. The number of aromatic nitrogens is 2. The molecule has 0 aliphatic carbocycles. The second-order valence-electron chi connectivity index (χ2n) is 9.13. The number of imidazole rings is 1. The van der Waals surface area contributed by atoms with Gasteiger partial charge in [0.05, 0.1) is 23.9 Å². The summed E-state index contributed by atoms with van der Waals surface area (Å²) in [6, 6.07) is 17.8. The van der Waals surface area contributed by atoms with Gasteiger partial charge in [-0.05, 0) is 45.6 Å². The molecule has 1 amide bonds. The van der Waals surface area contributed by atoms with Crippen molar-refractivity contribution in [3.63, 3.8) is 0 Å². The molecular weight excluding hydrogens is 534 g/mol. The molecule has 3 aromatic carbocycles. The Bertz CT molecular complexity index is 1380. The Morgan fingerprint density at radius 1 is 1.08 bits per heavy atom. The van der Waals surface area contributed by atoms with Crippen LogP contribution in [0.15, 0.2) is 59.1 Å². The molecule has 0 saturated carbocycles. The number of carbonyl (C=O) groups excluding carboxylic acids is 1. The Morgan fingerprint density at radius 3 is 2.46 bits per heavy atom. The van der Waals surface area contributed by atoms with Crippen LogP contribution in [0.25, 0.3) is 22.4 Å². The number of ether oxygens (including phenoxy) is 3. The smallest absolute Gasteiger partial charge is 0.221 e. The van der Waals surface area contributed by atoms with E-state index >= 15 is 0 Å². The van der Waals surface area contributed by atoms with E-state index in [-0.39, 0.29) is 5.91 Å². The Kier molecular flexibility index (Phi) is 8.51. The zero-order chi connectivity index (χ0) is 26.5. The number of methoxy groups -OCH3 is 2. The first-order valence-corrected chi connectivity index (χ1v) is 13.0. The first-order valence-electron chi connectivity index (χ1n) is 12.2. The van der Waals surface area contributed by atoms with Crippen molar-refractivity contribution < 1.29 is 19.0 Å². The number of amides is 1. The minimum atomic E-state index is -0.395. The highest BCUT2D eigenvalue weighted by atomic mass is 79.9. The van der Waals surface area contributed by atoms with Crippen molar-refractivity contribution in [2.45, 2.75) is 39.2 Å². The van der Waals surface area contributed by atoms with E-state index < -0.39 is 6.10 Å². The molecule has 7 nitrogen and oxygen atoms in total. The van der Waals surface area contributed by atoms with E-state index in [0.717, 1.165) is 32.5 Å². The van der Waals surface area contributed by atoms with E-state index in [1.807, 2.05) is 30.3 Å². The van der Waals surface area contributed by atoms with Crippen LogP contribution in [-0.4, -0.2) is 36.7 Å². The van der Waals surface area contributed by atoms with Gasteiger partial charge in [0, 0.05) is 31.6 Å². The minimum Gasteiger partial charge on any atom is -0.494 e. The van der Waals surface area contributed by atoms with Gasteiger partial charge in [-0.25, -0.2) is 4.98 Å². The van der Waals surface area contributed by atoms with Crippen LogP contribution < -0.4 is 14.8 Å². The van der Waals surface area contributed by atoms with Crippen LogP contribution in [0, 0.1) is 0 Å². The highest BCUT2D eigenvalue weighted by molar-refractivity contribution is 9.10. The second-order valence-corrected chi connectivity index (χ2v) is 9.93. The van der Waals surface area contributed by atoms with Crippen molar-refractivity contribution in [3.05, 3.63) is 70.2 Å². The molecule has 37 heavy (non-hydrogen) atoms. The van der Waals surface area contributed by atoms with Crippen molar-refractivity contribution in [1.82, 2.24) is 9.97 Å². The molecule has 1 atom stereocenters. The van der Waals surface area contributed by atoms with Crippen molar-refractivity contribution in [1.29, 1.82) is 0 Å². The van der Waals surface area contributed by atoms with Crippen LogP contribution in [-0.2, 0) is 9.53 Å². The normalized spacial score (nSPS) is 12.1. The van der Waals surface area contributed by atoms with E-state index in [0.29, 0.717) is 36.1 Å². The third-order valence-electron chi connectivity index (χ3n) is 6.17. The highest BCUT2D eigenvalue weighted by Crippen LogP contribution is 2.41. The van der Waals surface area contributed by atoms with Gasteiger partial charge in [-0.3, -0.25) is 4.79 Å². The molecule has 194 valence electrons. The maximum Gasteiger partial charge on any atom is 0.221 e.